The van der Waals surface area contributed by atoms with Gasteiger partial charge in [0.15, 0.2) is 37.6 Å². The van der Waals surface area contributed by atoms with Gasteiger partial charge in [-0.3, -0.25) is 0 Å². The van der Waals surface area contributed by atoms with Crippen molar-refractivity contribution in [2.75, 3.05) is 0 Å². The van der Waals surface area contributed by atoms with Gasteiger partial charge >= 0.3 is 5.97 Å². The molecule has 308 valence electrons. The molecular weight excluding hydrogens is 728 g/mol. The normalized spacial score (nSPS) is 54.4. The van der Waals surface area contributed by atoms with Crippen LogP contribution in [0.2, 0.25) is 0 Å². The number of aliphatic carboxylic acids is 1. The predicted molar refractivity (Wildman–Crippen MR) is 161 cm³/mol. The van der Waals surface area contributed by atoms with Crippen LogP contribution in [-0.4, -0.2) is 226 Å². The topological polar surface area (TPSA) is 363 Å². The van der Waals surface area contributed by atoms with E-state index in [-0.39, 0.29) is 0 Å². The Balaban J connectivity index is 1.52. The van der Waals surface area contributed by atoms with Gasteiger partial charge in [0.25, 0.3) is 0 Å². The van der Waals surface area contributed by atoms with Crippen LogP contribution in [0.25, 0.3) is 0 Å². The lowest BCUT2D eigenvalue weighted by Crippen LogP contribution is -2.68. The van der Waals surface area contributed by atoms with E-state index in [1.807, 2.05) is 0 Å². The third-order valence-electron chi connectivity index (χ3n) is 10.1. The minimum absolute atomic E-state index is 1.12. The summed E-state index contributed by atoms with van der Waals surface area (Å²) in [6, 6.07) is 0. The number of ether oxygens (including phenoxy) is 9. The molecule has 5 rings (SSSR count). The fourth-order valence-corrected chi connectivity index (χ4v) is 6.79. The van der Waals surface area contributed by atoms with Crippen LogP contribution in [0.1, 0.15) is 27.7 Å². The first-order valence-electron chi connectivity index (χ1n) is 17.0. The molecule has 5 heterocycles. The SMILES string of the molecule is C[C@@H](O)[C@H]1O[C@@H](O[C@H]2[C@@H](O[C@H]3[C@@H](O[C@H]4[C@@H](O)[C@@H](C)O[C@H](O)[C@@H]4O)O[C@H](C)[C@H](O)[C@@H]3O[C@H]3O[C@H](C)[C@H](O)[C@H](O)[C@H]3O)O[C@H](C(=O)O)[C@@H](O)[C@@H]2O)[C@@H](O)[C@@H]1O. The zero-order valence-corrected chi connectivity index (χ0v) is 28.8. The minimum Gasteiger partial charge on any atom is -0.479 e. The second-order valence-electron chi connectivity index (χ2n) is 13.9. The van der Waals surface area contributed by atoms with E-state index in [4.69, 9.17) is 42.6 Å². The Kier molecular flexibility index (Phi) is 13.7. The molecule has 5 aliphatic rings. The number of aliphatic hydroxyl groups excluding tert-OH is 12. The maximum Gasteiger partial charge on any atom is 0.335 e. The second-order valence-corrected chi connectivity index (χ2v) is 13.9. The lowest BCUT2D eigenvalue weighted by atomic mass is 9.95. The van der Waals surface area contributed by atoms with Crippen molar-refractivity contribution in [3.63, 3.8) is 0 Å². The van der Waals surface area contributed by atoms with Gasteiger partial charge in [0.1, 0.15) is 91.6 Å². The monoisotopic (exact) mass is 778 g/mol. The average Bonchev–Trinajstić information content (AvgIpc) is 3.38. The molecule has 23 nitrogen and oxygen atoms in total. The molecule has 53 heavy (non-hydrogen) atoms. The minimum atomic E-state index is -2.22. The molecule has 0 aromatic heterocycles. The van der Waals surface area contributed by atoms with Crippen LogP contribution in [0.5, 0.6) is 0 Å². The van der Waals surface area contributed by atoms with Gasteiger partial charge in [-0.05, 0) is 27.7 Å². The average molecular weight is 779 g/mol. The molecule has 0 bridgehead atoms. The fraction of sp³-hybridized carbons (Fsp3) is 0.967. The van der Waals surface area contributed by atoms with Crippen LogP contribution >= 0.6 is 0 Å². The van der Waals surface area contributed by atoms with Gasteiger partial charge in [0.05, 0.1) is 24.4 Å². The van der Waals surface area contributed by atoms with Crippen LogP contribution in [0.3, 0.4) is 0 Å². The van der Waals surface area contributed by atoms with Crippen molar-refractivity contribution >= 4 is 5.97 Å². The standard InChI is InChI=1S/C30H50O23/c1-5(31)19-15(38)17(40)28(48-19)52-23-14(37)13(36)22(25(42)43)51-29(23)53-24-21(50-27-16(39)12(35)9(32)6(2)46-27)11(34)8(4)47-30(24)49-20-10(33)7(3)45-26(44)18(20)41/h5-24,26-41,44H,1-4H3,(H,42,43)/t5-,6-,7-,8-,9+,10+,11+,12+,13+,14+,15+,16-,17+,18-,19-,20+,21+,22+,23-,24-,26+,27-,28+,29-,30-/m1/s1. The quantitative estimate of drug-likeness (QED) is 0.0979. The summed E-state index contributed by atoms with van der Waals surface area (Å²) in [5.41, 5.74) is 0. The molecule has 0 radical (unpaired) electrons. The molecule has 0 amide bonds. The highest BCUT2D eigenvalue weighted by atomic mass is 16.8. The van der Waals surface area contributed by atoms with Crippen molar-refractivity contribution in [3.05, 3.63) is 0 Å². The molecule has 23 heteroatoms. The first-order valence-corrected chi connectivity index (χ1v) is 17.0. The summed E-state index contributed by atoms with van der Waals surface area (Å²) < 4.78 is 51.0. The maximum atomic E-state index is 12.1. The highest BCUT2D eigenvalue weighted by Gasteiger charge is 2.58. The molecule has 5 aliphatic heterocycles. The zero-order valence-electron chi connectivity index (χ0n) is 28.8. The predicted octanol–water partition coefficient (Wildman–Crippen LogP) is -7.72. The summed E-state index contributed by atoms with van der Waals surface area (Å²) in [6.07, 6.45) is -44.2. The van der Waals surface area contributed by atoms with Crippen molar-refractivity contribution in [1.82, 2.24) is 0 Å². The summed E-state index contributed by atoms with van der Waals surface area (Å²) in [5, 5.41) is 137. The summed E-state index contributed by atoms with van der Waals surface area (Å²) in [4.78, 5) is 12.1. The van der Waals surface area contributed by atoms with Gasteiger partial charge in [-0.15, -0.1) is 0 Å². The number of rotatable bonds is 10. The summed E-state index contributed by atoms with van der Waals surface area (Å²) in [6.45, 7) is 5.26. The lowest BCUT2D eigenvalue weighted by molar-refractivity contribution is -0.405. The van der Waals surface area contributed by atoms with E-state index in [1.54, 1.807) is 0 Å². The van der Waals surface area contributed by atoms with Gasteiger partial charge in [-0.25, -0.2) is 4.79 Å². The van der Waals surface area contributed by atoms with Crippen LogP contribution < -0.4 is 0 Å². The van der Waals surface area contributed by atoms with Crippen LogP contribution in [0.4, 0.5) is 0 Å². The molecule has 0 unspecified atom stereocenters. The van der Waals surface area contributed by atoms with E-state index < -0.39 is 159 Å². The third-order valence-corrected chi connectivity index (χ3v) is 10.1. The Hall–Kier alpha value is -1.37. The van der Waals surface area contributed by atoms with Crippen molar-refractivity contribution in [3.8, 4) is 0 Å². The van der Waals surface area contributed by atoms with Crippen molar-refractivity contribution in [2.45, 2.75) is 181 Å². The molecule has 5 fully saturated rings. The second kappa shape index (κ2) is 17.0. The maximum absolute atomic E-state index is 12.1. The Morgan fingerprint density at radius 1 is 0.472 bits per heavy atom. The number of aliphatic hydroxyl groups is 12. The molecule has 0 aliphatic carbocycles. The highest BCUT2D eigenvalue weighted by molar-refractivity contribution is 5.73. The van der Waals surface area contributed by atoms with Gasteiger partial charge in [-0.1, -0.05) is 0 Å². The van der Waals surface area contributed by atoms with Gasteiger partial charge < -0.3 is 109 Å². The van der Waals surface area contributed by atoms with Crippen molar-refractivity contribution < 1.29 is 114 Å². The Labute approximate surface area is 301 Å². The summed E-state index contributed by atoms with van der Waals surface area (Å²) >= 11 is 0. The van der Waals surface area contributed by atoms with E-state index >= 15 is 0 Å². The first kappa shape index (κ1) is 42.8. The zero-order chi connectivity index (χ0) is 39.4. The van der Waals surface area contributed by atoms with E-state index in [9.17, 15) is 71.2 Å². The van der Waals surface area contributed by atoms with Crippen molar-refractivity contribution in [1.29, 1.82) is 0 Å². The fourth-order valence-electron chi connectivity index (χ4n) is 6.79. The number of carbonyl (C=O) groups is 1. The number of hydrogen-bond donors (Lipinski definition) is 13. The molecule has 13 N–H and O–H groups in total. The van der Waals surface area contributed by atoms with Crippen LogP contribution in [0, 0.1) is 0 Å². The summed E-state index contributed by atoms with van der Waals surface area (Å²) in [7, 11) is 0. The first-order chi connectivity index (χ1) is 24.7. The Bertz CT molecular complexity index is 1200. The van der Waals surface area contributed by atoms with E-state index in [2.05, 4.69) is 0 Å². The van der Waals surface area contributed by atoms with Crippen LogP contribution in [-0.2, 0) is 47.4 Å². The van der Waals surface area contributed by atoms with E-state index in [0.29, 0.717) is 0 Å². The van der Waals surface area contributed by atoms with Gasteiger partial charge in [0.2, 0.25) is 0 Å². The third kappa shape index (κ3) is 8.51. The van der Waals surface area contributed by atoms with Crippen molar-refractivity contribution in [2.24, 2.45) is 0 Å². The molecule has 0 saturated carbocycles. The molecule has 0 aromatic rings. The molecule has 0 aromatic carbocycles. The molecule has 5 saturated heterocycles. The van der Waals surface area contributed by atoms with Gasteiger partial charge in [-0.2, -0.15) is 0 Å². The Morgan fingerprint density at radius 2 is 0.943 bits per heavy atom. The largest absolute Gasteiger partial charge is 0.479 e. The van der Waals surface area contributed by atoms with E-state index in [0.717, 1.165) is 0 Å². The molecule has 0 spiro atoms. The highest BCUT2D eigenvalue weighted by Crippen LogP contribution is 2.37. The number of hydrogen-bond acceptors (Lipinski definition) is 22. The molecule has 25 atom stereocenters. The Morgan fingerprint density at radius 3 is 1.55 bits per heavy atom. The smallest absolute Gasteiger partial charge is 0.335 e. The van der Waals surface area contributed by atoms with Gasteiger partial charge in [0, 0.05) is 0 Å². The number of carboxylic acid groups (broad SMARTS) is 1. The molecular formula is C30H50O23. The lowest BCUT2D eigenvalue weighted by Gasteiger charge is -2.50. The van der Waals surface area contributed by atoms with E-state index in [1.165, 1.54) is 27.7 Å². The summed E-state index contributed by atoms with van der Waals surface area (Å²) in [5.74, 6) is -1.80. The van der Waals surface area contributed by atoms with Crippen LogP contribution in [0.15, 0.2) is 0 Å². The number of carboxylic acids is 1.